The van der Waals surface area contributed by atoms with E-state index < -0.39 is 0 Å². The number of fused-ring (bicyclic) bond motifs is 1. The van der Waals surface area contributed by atoms with Gasteiger partial charge in [-0.05, 0) is 37.3 Å². The van der Waals surface area contributed by atoms with Crippen molar-refractivity contribution in [3.63, 3.8) is 0 Å². The molecular weight excluding hydrogens is 226 g/mol. The van der Waals surface area contributed by atoms with E-state index in [0.29, 0.717) is 18.0 Å². The third kappa shape index (κ3) is 1.52. The van der Waals surface area contributed by atoms with E-state index in [-0.39, 0.29) is 5.91 Å². The molecule has 0 radical (unpaired) electrons. The van der Waals surface area contributed by atoms with Crippen molar-refractivity contribution in [3.8, 4) is 0 Å². The molecule has 1 N–H and O–H groups in total. The molecule has 2 aliphatic heterocycles. The Hall–Kier alpha value is -1.29. The Bertz CT molecular complexity index is 477. The van der Waals surface area contributed by atoms with Gasteiger partial charge in [0.15, 0.2) is 0 Å². The fourth-order valence-corrected chi connectivity index (χ4v) is 3.49. The minimum absolute atomic E-state index is 0.239. The lowest BCUT2D eigenvalue weighted by atomic mass is 10.1. The lowest BCUT2D eigenvalue weighted by Gasteiger charge is -2.24. The van der Waals surface area contributed by atoms with E-state index in [1.54, 1.807) is 0 Å². The van der Waals surface area contributed by atoms with Gasteiger partial charge in [0.05, 0.1) is 0 Å². The largest absolute Gasteiger partial charge is 0.340 e. The summed E-state index contributed by atoms with van der Waals surface area (Å²) in [6.07, 6.45) is 5.67. The number of hydrogen-bond acceptors (Lipinski definition) is 2. The predicted molar refractivity (Wildman–Crippen MR) is 68.5 cm³/mol. The molecule has 3 aliphatic rings. The van der Waals surface area contributed by atoms with Crippen molar-refractivity contribution >= 4 is 5.91 Å². The van der Waals surface area contributed by atoms with Crippen molar-refractivity contribution in [1.29, 1.82) is 0 Å². The van der Waals surface area contributed by atoms with Gasteiger partial charge in [0.25, 0.3) is 5.91 Å². The number of hydrogen-bond donors (Lipinski definition) is 1. The Kier molecular flexibility index (Phi) is 2.27. The number of rotatable bonds is 2. The van der Waals surface area contributed by atoms with Gasteiger partial charge in [0, 0.05) is 37.9 Å². The second-order valence-electron chi connectivity index (χ2n) is 5.80. The molecule has 2 saturated heterocycles. The SMILES string of the molecule is O=C(c1cccn1C1CC1)N1CC[C@H]2CNC[C@H]21. The maximum Gasteiger partial charge on any atom is 0.270 e. The quantitative estimate of drug-likeness (QED) is 0.851. The molecule has 96 valence electrons. The van der Waals surface area contributed by atoms with Gasteiger partial charge in [0.2, 0.25) is 0 Å². The molecule has 3 heterocycles. The molecule has 0 aromatic carbocycles. The number of likely N-dealkylation sites (tertiary alicyclic amines) is 1. The molecular formula is C14H19N3O. The first kappa shape index (κ1) is 10.6. The lowest BCUT2D eigenvalue weighted by molar-refractivity contribution is 0.0726. The number of nitrogens with one attached hydrogen (secondary N) is 1. The number of nitrogens with zero attached hydrogens (tertiary/aromatic N) is 2. The number of carbonyl (C=O) groups excluding carboxylic acids is 1. The summed E-state index contributed by atoms with van der Waals surface area (Å²) in [7, 11) is 0. The highest BCUT2D eigenvalue weighted by Crippen LogP contribution is 2.37. The van der Waals surface area contributed by atoms with Gasteiger partial charge in [-0.3, -0.25) is 4.79 Å². The van der Waals surface area contributed by atoms with Crippen LogP contribution in [0.25, 0.3) is 0 Å². The van der Waals surface area contributed by atoms with Crippen molar-refractivity contribution in [3.05, 3.63) is 24.0 Å². The molecule has 1 saturated carbocycles. The molecule has 1 aromatic heterocycles. The number of aromatic nitrogens is 1. The highest BCUT2D eigenvalue weighted by atomic mass is 16.2. The van der Waals surface area contributed by atoms with E-state index in [0.717, 1.165) is 31.7 Å². The Morgan fingerprint density at radius 2 is 2.17 bits per heavy atom. The molecule has 18 heavy (non-hydrogen) atoms. The predicted octanol–water partition coefficient (Wildman–Crippen LogP) is 1.26. The molecule has 4 nitrogen and oxygen atoms in total. The summed E-state index contributed by atoms with van der Waals surface area (Å²) in [6.45, 7) is 2.99. The Morgan fingerprint density at radius 1 is 1.28 bits per heavy atom. The summed E-state index contributed by atoms with van der Waals surface area (Å²) >= 11 is 0. The zero-order valence-electron chi connectivity index (χ0n) is 10.5. The summed E-state index contributed by atoms with van der Waals surface area (Å²) < 4.78 is 2.18. The fraction of sp³-hybridized carbons (Fsp3) is 0.643. The third-order valence-electron chi connectivity index (χ3n) is 4.64. The lowest BCUT2D eigenvalue weighted by Crippen LogP contribution is -2.39. The maximum atomic E-state index is 12.7. The smallest absolute Gasteiger partial charge is 0.270 e. The third-order valence-corrected chi connectivity index (χ3v) is 4.64. The normalized spacial score (nSPS) is 30.8. The van der Waals surface area contributed by atoms with Crippen LogP contribution in [-0.4, -0.2) is 41.1 Å². The minimum atomic E-state index is 0.239. The van der Waals surface area contributed by atoms with Crippen LogP contribution in [0.3, 0.4) is 0 Å². The van der Waals surface area contributed by atoms with Crippen LogP contribution in [0.4, 0.5) is 0 Å². The van der Waals surface area contributed by atoms with Crippen LogP contribution >= 0.6 is 0 Å². The molecule has 2 atom stereocenters. The Labute approximate surface area is 107 Å². The number of amides is 1. The van der Waals surface area contributed by atoms with Gasteiger partial charge >= 0.3 is 0 Å². The van der Waals surface area contributed by atoms with Crippen molar-refractivity contribution in [2.45, 2.75) is 31.3 Å². The van der Waals surface area contributed by atoms with Crippen LogP contribution in [0, 0.1) is 5.92 Å². The van der Waals surface area contributed by atoms with Crippen molar-refractivity contribution in [1.82, 2.24) is 14.8 Å². The molecule has 1 aliphatic carbocycles. The van der Waals surface area contributed by atoms with E-state index in [1.165, 1.54) is 12.8 Å². The van der Waals surface area contributed by atoms with E-state index in [1.807, 2.05) is 12.1 Å². The van der Waals surface area contributed by atoms with E-state index >= 15 is 0 Å². The van der Waals surface area contributed by atoms with Gasteiger partial charge in [-0.15, -0.1) is 0 Å². The summed E-state index contributed by atoms with van der Waals surface area (Å²) in [5.41, 5.74) is 0.894. The molecule has 1 amide bonds. The highest BCUT2D eigenvalue weighted by Gasteiger charge is 2.41. The molecule has 4 rings (SSSR count). The van der Waals surface area contributed by atoms with Gasteiger partial charge in [0.1, 0.15) is 5.69 Å². The van der Waals surface area contributed by atoms with Crippen LogP contribution in [0.15, 0.2) is 18.3 Å². The number of carbonyl (C=O) groups is 1. The zero-order chi connectivity index (χ0) is 12.1. The summed E-state index contributed by atoms with van der Waals surface area (Å²) in [6, 6.07) is 5.00. The average Bonchev–Trinajstić information content (AvgIpc) is 2.83. The fourth-order valence-electron chi connectivity index (χ4n) is 3.49. The topological polar surface area (TPSA) is 37.3 Å². The Balaban J connectivity index is 1.60. The summed E-state index contributed by atoms with van der Waals surface area (Å²) in [5, 5.41) is 3.40. The molecule has 0 spiro atoms. The first-order chi connectivity index (χ1) is 8.84. The highest BCUT2D eigenvalue weighted by molar-refractivity contribution is 5.93. The minimum Gasteiger partial charge on any atom is -0.340 e. The molecule has 0 unspecified atom stereocenters. The van der Waals surface area contributed by atoms with Gasteiger partial charge in [-0.25, -0.2) is 0 Å². The van der Waals surface area contributed by atoms with E-state index in [9.17, 15) is 4.79 Å². The van der Waals surface area contributed by atoms with E-state index in [4.69, 9.17) is 0 Å². The van der Waals surface area contributed by atoms with Crippen molar-refractivity contribution < 1.29 is 4.79 Å². The molecule has 0 bridgehead atoms. The van der Waals surface area contributed by atoms with Crippen LogP contribution < -0.4 is 5.32 Å². The van der Waals surface area contributed by atoms with Crippen LogP contribution in [0.1, 0.15) is 35.8 Å². The average molecular weight is 245 g/mol. The van der Waals surface area contributed by atoms with Crippen LogP contribution in [0.2, 0.25) is 0 Å². The molecule has 1 aromatic rings. The molecule has 3 fully saturated rings. The van der Waals surface area contributed by atoms with Gasteiger partial charge in [-0.1, -0.05) is 0 Å². The van der Waals surface area contributed by atoms with Crippen molar-refractivity contribution in [2.75, 3.05) is 19.6 Å². The first-order valence-electron chi connectivity index (χ1n) is 7.03. The van der Waals surface area contributed by atoms with Gasteiger partial charge < -0.3 is 14.8 Å². The Morgan fingerprint density at radius 3 is 3.00 bits per heavy atom. The van der Waals surface area contributed by atoms with E-state index in [2.05, 4.69) is 21.0 Å². The zero-order valence-corrected chi connectivity index (χ0v) is 10.5. The second-order valence-corrected chi connectivity index (χ2v) is 5.80. The van der Waals surface area contributed by atoms with Crippen LogP contribution in [-0.2, 0) is 0 Å². The standard InChI is InChI=1S/C14H19N3O/c18-14(12-2-1-6-16(12)11-3-4-11)17-7-5-10-8-15-9-13(10)17/h1-2,6,10-11,13,15H,3-5,7-9H2/t10-,13+/m0/s1. The van der Waals surface area contributed by atoms with Crippen molar-refractivity contribution in [2.24, 2.45) is 5.92 Å². The van der Waals surface area contributed by atoms with Crippen LogP contribution in [0.5, 0.6) is 0 Å². The summed E-state index contributed by atoms with van der Waals surface area (Å²) in [5.74, 6) is 0.918. The monoisotopic (exact) mass is 245 g/mol. The summed E-state index contributed by atoms with van der Waals surface area (Å²) in [4.78, 5) is 14.8. The molecule has 4 heteroatoms. The first-order valence-corrected chi connectivity index (χ1v) is 7.03. The second kappa shape index (κ2) is 3.85. The maximum absolute atomic E-state index is 12.7. The van der Waals surface area contributed by atoms with Gasteiger partial charge in [-0.2, -0.15) is 0 Å².